The van der Waals surface area contributed by atoms with E-state index in [1.54, 1.807) is 24.3 Å². The van der Waals surface area contributed by atoms with Crippen molar-refractivity contribution < 1.29 is 12.9 Å². The molecule has 0 aliphatic carbocycles. The first-order valence-electron chi connectivity index (χ1n) is 6.92. The molecule has 22 heavy (non-hydrogen) atoms. The summed E-state index contributed by atoms with van der Waals surface area (Å²) in [5.74, 6) is 1.41. The summed E-state index contributed by atoms with van der Waals surface area (Å²) in [6.45, 7) is 5.92. The molecule has 0 saturated heterocycles. The second kappa shape index (κ2) is 6.35. The summed E-state index contributed by atoms with van der Waals surface area (Å²) in [5, 5.41) is 7.16. The minimum absolute atomic E-state index is 0.145. The standard InChI is InChI=1S/C14H20N4O3S/c1-9(2)13-16-14(21-17-13)10(3)15-11-5-7-12(8-6-11)18-22(4,19)20/h5-10,15,18H,1-4H3. The molecule has 1 aromatic heterocycles. The minimum atomic E-state index is -3.27. The molecule has 0 saturated carbocycles. The molecular formula is C14H20N4O3S. The minimum Gasteiger partial charge on any atom is -0.374 e. The van der Waals surface area contributed by atoms with Gasteiger partial charge < -0.3 is 9.84 Å². The van der Waals surface area contributed by atoms with Gasteiger partial charge in [-0.05, 0) is 31.2 Å². The average Bonchev–Trinajstić information content (AvgIpc) is 2.89. The number of nitrogens with zero attached hydrogens (tertiary/aromatic N) is 2. The largest absolute Gasteiger partial charge is 0.374 e. The average molecular weight is 324 g/mol. The molecule has 1 atom stereocenters. The first-order chi connectivity index (χ1) is 10.2. The molecule has 8 heteroatoms. The SMILES string of the molecule is CC(C)c1noc(C(C)Nc2ccc(NS(C)(=O)=O)cc2)n1. The molecule has 0 fully saturated rings. The Morgan fingerprint density at radius 1 is 1.09 bits per heavy atom. The van der Waals surface area contributed by atoms with E-state index in [1.165, 1.54) is 0 Å². The Morgan fingerprint density at radius 2 is 1.68 bits per heavy atom. The fourth-order valence-electron chi connectivity index (χ4n) is 1.82. The van der Waals surface area contributed by atoms with Gasteiger partial charge in [-0.3, -0.25) is 4.72 Å². The molecule has 2 aromatic rings. The van der Waals surface area contributed by atoms with Gasteiger partial charge in [0.05, 0.1) is 6.26 Å². The van der Waals surface area contributed by atoms with Gasteiger partial charge in [0, 0.05) is 17.3 Å². The van der Waals surface area contributed by atoms with Gasteiger partial charge in [0.25, 0.3) is 0 Å². The monoisotopic (exact) mass is 324 g/mol. The molecule has 1 heterocycles. The van der Waals surface area contributed by atoms with Gasteiger partial charge in [0.1, 0.15) is 6.04 Å². The number of nitrogens with one attached hydrogen (secondary N) is 2. The summed E-state index contributed by atoms with van der Waals surface area (Å²) in [6, 6.07) is 6.79. The van der Waals surface area contributed by atoms with Crippen molar-refractivity contribution in [2.75, 3.05) is 16.3 Å². The lowest BCUT2D eigenvalue weighted by Gasteiger charge is -2.12. The van der Waals surface area contributed by atoms with E-state index in [-0.39, 0.29) is 12.0 Å². The quantitative estimate of drug-likeness (QED) is 0.848. The van der Waals surface area contributed by atoms with E-state index < -0.39 is 10.0 Å². The molecule has 120 valence electrons. The Bertz CT molecular complexity index is 723. The number of aromatic nitrogens is 2. The van der Waals surface area contributed by atoms with Crippen LogP contribution in [0.15, 0.2) is 28.8 Å². The van der Waals surface area contributed by atoms with E-state index in [1.807, 2.05) is 20.8 Å². The van der Waals surface area contributed by atoms with Crippen molar-refractivity contribution in [2.24, 2.45) is 0 Å². The smallest absolute Gasteiger partial charge is 0.248 e. The Labute approximate surface area is 130 Å². The lowest BCUT2D eigenvalue weighted by molar-refractivity contribution is 0.361. The van der Waals surface area contributed by atoms with Crippen LogP contribution in [-0.2, 0) is 10.0 Å². The van der Waals surface area contributed by atoms with Crippen LogP contribution in [0.4, 0.5) is 11.4 Å². The summed E-state index contributed by atoms with van der Waals surface area (Å²) >= 11 is 0. The normalized spacial score (nSPS) is 13.1. The van der Waals surface area contributed by atoms with E-state index in [9.17, 15) is 8.42 Å². The van der Waals surface area contributed by atoms with Crippen molar-refractivity contribution in [1.29, 1.82) is 0 Å². The van der Waals surface area contributed by atoms with Gasteiger partial charge in [0.15, 0.2) is 5.82 Å². The molecule has 2 N–H and O–H groups in total. The molecule has 7 nitrogen and oxygen atoms in total. The predicted molar refractivity (Wildman–Crippen MR) is 85.3 cm³/mol. The van der Waals surface area contributed by atoms with Crippen molar-refractivity contribution in [3.63, 3.8) is 0 Å². The van der Waals surface area contributed by atoms with Crippen LogP contribution in [-0.4, -0.2) is 24.8 Å². The van der Waals surface area contributed by atoms with Gasteiger partial charge in [-0.2, -0.15) is 4.98 Å². The summed E-state index contributed by atoms with van der Waals surface area (Å²) in [4.78, 5) is 4.34. The zero-order valence-corrected chi connectivity index (χ0v) is 13.8. The van der Waals surface area contributed by atoms with Crippen molar-refractivity contribution in [3.05, 3.63) is 36.0 Å². The molecule has 0 bridgehead atoms. The molecule has 1 unspecified atom stereocenters. The van der Waals surface area contributed by atoms with E-state index >= 15 is 0 Å². The van der Waals surface area contributed by atoms with Crippen LogP contribution >= 0.6 is 0 Å². The van der Waals surface area contributed by atoms with Crippen LogP contribution in [0.25, 0.3) is 0 Å². The highest BCUT2D eigenvalue weighted by molar-refractivity contribution is 7.92. The highest BCUT2D eigenvalue weighted by Gasteiger charge is 2.15. The van der Waals surface area contributed by atoms with Crippen LogP contribution in [0.2, 0.25) is 0 Å². The molecule has 2 rings (SSSR count). The van der Waals surface area contributed by atoms with Gasteiger partial charge >= 0.3 is 0 Å². The number of hydrogen-bond donors (Lipinski definition) is 2. The Kier molecular flexibility index (Phi) is 4.70. The Hall–Kier alpha value is -2.09. The lowest BCUT2D eigenvalue weighted by Crippen LogP contribution is -2.10. The maximum atomic E-state index is 11.2. The third-order valence-electron chi connectivity index (χ3n) is 2.92. The van der Waals surface area contributed by atoms with Gasteiger partial charge in [-0.15, -0.1) is 0 Å². The summed E-state index contributed by atoms with van der Waals surface area (Å²) in [6.07, 6.45) is 1.11. The molecule has 0 aliphatic heterocycles. The van der Waals surface area contributed by atoms with E-state index in [0.29, 0.717) is 17.4 Å². The fraction of sp³-hybridized carbons (Fsp3) is 0.429. The van der Waals surface area contributed by atoms with E-state index in [0.717, 1.165) is 11.9 Å². The number of rotatable bonds is 6. The van der Waals surface area contributed by atoms with Gasteiger partial charge in [-0.25, -0.2) is 8.42 Å². The predicted octanol–water partition coefficient (Wildman–Crippen LogP) is 2.74. The number of benzene rings is 1. The zero-order chi connectivity index (χ0) is 16.3. The maximum absolute atomic E-state index is 11.2. The number of sulfonamides is 1. The van der Waals surface area contributed by atoms with E-state index in [4.69, 9.17) is 4.52 Å². The highest BCUT2D eigenvalue weighted by Crippen LogP contribution is 2.21. The number of anilines is 2. The van der Waals surface area contributed by atoms with Crippen LogP contribution in [0.1, 0.15) is 44.4 Å². The summed E-state index contributed by atoms with van der Waals surface area (Å²) < 4.78 is 29.9. The topological polar surface area (TPSA) is 97.1 Å². The first-order valence-corrected chi connectivity index (χ1v) is 8.81. The molecule has 0 spiro atoms. The summed E-state index contributed by atoms with van der Waals surface area (Å²) in [5.41, 5.74) is 1.34. The van der Waals surface area contributed by atoms with Crippen LogP contribution in [0.3, 0.4) is 0 Å². The van der Waals surface area contributed by atoms with Crippen molar-refractivity contribution in [1.82, 2.24) is 10.1 Å². The zero-order valence-electron chi connectivity index (χ0n) is 13.0. The first kappa shape index (κ1) is 16.3. The molecule has 0 amide bonds. The second-order valence-corrected chi connectivity index (χ2v) is 7.21. The third-order valence-corrected chi connectivity index (χ3v) is 3.52. The van der Waals surface area contributed by atoms with Crippen molar-refractivity contribution in [2.45, 2.75) is 32.7 Å². The Balaban J connectivity index is 2.03. The molecule has 0 radical (unpaired) electrons. The van der Waals surface area contributed by atoms with Gasteiger partial charge in [0.2, 0.25) is 15.9 Å². The highest BCUT2D eigenvalue weighted by atomic mass is 32.2. The molecule has 0 aliphatic rings. The number of hydrogen-bond acceptors (Lipinski definition) is 6. The van der Waals surface area contributed by atoms with Crippen molar-refractivity contribution >= 4 is 21.4 Å². The second-order valence-electron chi connectivity index (χ2n) is 5.46. The Morgan fingerprint density at radius 3 is 2.18 bits per heavy atom. The molecular weight excluding hydrogens is 304 g/mol. The van der Waals surface area contributed by atoms with Crippen LogP contribution in [0.5, 0.6) is 0 Å². The van der Waals surface area contributed by atoms with Crippen LogP contribution in [0, 0.1) is 0 Å². The lowest BCUT2D eigenvalue weighted by atomic mass is 10.2. The van der Waals surface area contributed by atoms with E-state index in [2.05, 4.69) is 20.2 Å². The van der Waals surface area contributed by atoms with Gasteiger partial charge in [-0.1, -0.05) is 19.0 Å². The van der Waals surface area contributed by atoms with Crippen molar-refractivity contribution in [3.8, 4) is 0 Å². The third kappa shape index (κ3) is 4.45. The summed E-state index contributed by atoms with van der Waals surface area (Å²) in [7, 11) is -3.27. The fourth-order valence-corrected chi connectivity index (χ4v) is 2.38. The maximum Gasteiger partial charge on any atom is 0.248 e. The van der Waals surface area contributed by atoms with Crippen LogP contribution < -0.4 is 10.0 Å². The molecule has 1 aromatic carbocycles.